The number of hydrogen-bond acceptors (Lipinski definition) is 9. The van der Waals surface area contributed by atoms with Gasteiger partial charge in [-0.2, -0.15) is 4.98 Å². The van der Waals surface area contributed by atoms with Crippen LogP contribution in [0.4, 0.5) is 0 Å². The molecule has 0 aliphatic heterocycles. The number of carbonyl (C=O) groups excluding carboxylic acids is 1. The van der Waals surface area contributed by atoms with Crippen molar-refractivity contribution >= 4 is 27.0 Å². The number of hydrogen-bond donors (Lipinski definition) is 0. The number of rotatable bonds is 7. The van der Waals surface area contributed by atoms with Crippen LogP contribution >= 0.6 is 0 Å². The highest BCUT2D eigenvalue weighted by Gasteiger charge is 2.22. The number of ether oxygens (including phenoxy) is 2. The number of aromatic nitrogens is 3. The Morgan fingerprint density at radius 1 is 1.09 bits per heavy atom. The number of benzene rings is 1. The van der Waals surface area contributed by atoms with Gasteiger partial charge in [0, 0.05) is 11.8 Å². The summed E-state index contributed by atoms with van der Waals surface area (Å²) < 4.78 is 41.0. The van der Waals surface area contributed by atoms with Crippen LogP contribution in [0.15, 0.2) is 21.7 Å². The number of esters is 1. The van der Waals surface area contributed by atoms with Gasteiger partial charge in [0.1, 0.15) is 11.4 Å². The van der Waals surface area contributed by atoms with Gasteiger partial charge in [0.25, 0.3) is 5.71 Å². The molecule has 0 spiro atoms. The molecule has 0 fully saturated rings. The molecule has 2 aromatic heterocycles. The average molecular weight is 490 g/mol. The highest BCUT2D eigenvalue weighted by Crippen LogP contribution is 2.32. The molecular weight excluding hydrogens is 458 g/mol. The first-order chi connectivity index (χ1) is 15.6. The van der Waals surface area contributed by atoms with Crippen LogP contribution in [0.2, 0.25) is 0 Å². The lowest BCUT2D eigenvalue weighted by atomic mass is 10.1. The van der Waals surface area contributed by atoms with Crippen molar-refractivity contribution in [3.63, 3.8) is 0 Å². The topological polar surface area (TPSA) is 121 Å². The van der Waals surface area contributed by atoms with E-state index in [0.717, 1.165) is 17.4 Å². The molecule has 0 radical (unpaired) electrons. The molecule has 0 aliphatic carbocycles. The van der Waals surface area contributed by atoms with Crippen LogP contribution < -0.4 is 4.74 Å². The summed E-state index contributed by atoms with van der Waals surface area (Å²) in [5.74, 6) is 0.652. The second-order valence-corrected chi connectivity index (χ2v) is 11.7. The van der Waals surface area contributed by atoms with Crippen molar-refractivity contribution in [3.8, 4) is 17.2 Å². The standard InChI is InChI=1S/C24H31N3O6S/c1-13(2)9-17-19-22(27-23(25-17)34(8,29)30)32-21(26-19)16-10-14(3)20(15(4)11-16)31-12-18(28)33-24(5,6)7/h10-11,13H,9,12H2,1-8H3. The molecule has 2 heterocycles. The van der Waals surface area contributed by atoms with E-state index in [1.807, 2.05) is 39.8 Å². The maximum atomic E-state index is 12.1. The van der Waals surface area contributed by atoms with Gasteiger partial charge in [-0.1, -0.05) is 13.8 Å². The Balaban J connectivity index is 1.97. The normalized spacial score (nSPS) is 12.4. The van der Waals surface area contributed by atoms with Gasteiger partial charge in [-0.05, 0) is 70.2 Å². The van der Waals surface area contributed by atoms with E-state index in [-0.39, 0.29) is 23.4 Å². The van der Waals surface area contributed by atoms with E-state index >= 15 is 0 Å². The molecular formula is C24H31N3O6S. The Hall–Kier alpha value is -3.01. The second-order valence-electron chi connectivity index (χ2n) is 9.81. The fourth-order valence-corrected chi connectivity index (χ4v) is 4.00. The van der Waals surface area contributed by atoms with E-state index in [1.54, 1.807) is 20.8 Å². The molecule has 0 atom stereocenters. The average Bonchev–Trinajstić information content (AvgIpc) is 3.09. The number of oxazole rings is 1. The minimum Gasteiger partial charge on any atom is -0.481 e. The number of nitrogens with zero attached hydrogens (tertiary/aromatic N) is 3. The Kier molecular flexibility index (Phi) is 7.02. The van der Waals surface area contributed by atoms with Crippen molar-refractivity contribution in [1.82, 2.24) is 15.0 Å². The van der Waals surface area contributed by atoms with E-state index in [2.05, 4.69) is 15.0 Å². The highest BCUT2D eigenvalue weighted by atomic mass is 32.2. The monoisotopic (exact) mass is 489 g/mol. The lowest BCUT2D eigenvalue weighted by molar-refractivity contribution is -0.157. The third-order valence-electron chi connectivity index (χ3n) is 4.71. The van der Waals surface area contributed by atoms with Gasteiger partial charge in [-0.3, -0.25) is 0 Å². The Bertz CT molecular complexity index is 1310. The number of sulfone groups is 1. The molecule has 9 nitrogen and oxygen atoms in total. The summed E-state index contributed by atoms with van der Waals surface area (Å²) in [4.78, 5) is 25.0. The number of aryl methyl sites for hydroxylation is 2. The van der Waals surface area contributed by atoms with Crippen molar-refractivity contribution in [2.75, 3.05) is 12.9 Å². The molecule has 0 bridgehead atoms. The fraction of sp³-hybridized carbons (Fsp3) is 0.500. The third-order valence-corrected chi connectivity index (χ3v) is 5.55. The second kappa shape index (κ2) is 9.32. The van der Waals surface area contributed by atoms with Crippen molar-refractivity contribution < 1.29 is 27.1 Å². The maximum absolute atomic E-state index is 12.1. The molecule has 0 N–H and O–H groups in total. The minimum atomic E-state index is -3.62. The molecule has 0 unspecified atom stereocenters. The lowest BCUT2D eigenvalue weighted by Gasteiger charge is -2.20. The molecule has 1 aromatic carbocycles. The fourth-order valence-electron chi connectivity index (χ4n) is 3.48. The summed E-state index contributed by atoms with van der Waals surface area (Å²) in [7, 11) is -3.62. The summed E-state index contributed by atoms with van der Waals surface area (Å²) in [5, 5.41) is -0.281. The third kappa shape index (κ3) is 6.11. The van der Waals surface area contributed by atoms with E-state index in [4.69, 9.17) is 13.9 Å². The van der Waals surface area contributed by atoms with Crippen LogP contribution in [0.1, 0.15) is 51.4 Å². The predicted octanol–water partition coefficient (Wildman–Crippen LogP) is 4.22. The van der Waals surface area contributed by atoms with Crippen LogP contribution in [0.5, 0.6) is 5.75 Å². The smallest absolute Gasteiger partial charge is 0.344 e. The van der Waals surface area contributed by atoms with Crippen molar-refractivity contribution in [2.45, 2.75) is 65.6 Å². The van der Waals surface area contributed by atoms with Gasteiger partial charge in [-0.25, -0.2) is 23.2 Å². The quantitative estimate of drug-likeness (QED) is 0.354. The molecule has 184 valence electrons. The Labute approximate surface area is 199 Å². The van der Waals surface area contributed by atoms with Gasteiger partial charge in [0.2, 0.25) is 20.9 Å². The molecule has 0 saturated heterocycles. The molecule has 34 heavy (non-hydrogen) atoms. The molecule has 3 aromatic rings. The highest BCUT2D eigenvalue weighted by molar-refractivity contribution is 7.90. The van der Waals surface area contributed by atoms with Gasteiger partial charge in [0.05, 0.1) is 5.69 Å². The first kappa shape index (κ1) is 25.6. The summed E-state index contributed by atoms with van der Waals surface area (Å²) in [6.07, 6.45) is 1.59. The van der Waals surface area contributed by atoms with Crippen LogP contribution in [-0.2, 0) is 25.8 Å². The van der Waals surface area contributed by atoms with Crippen molar-refractivity contribution in [1.29, 1.82) is 0 Å². The zero-order valence-corrected chi connectivity index (χ0v) is 21.7. The summed E-state index contributed by atoms with van der Waals surface area (Å²) in [6, 6.07) is 3.66. The van der Waals surface area contributed by atoms with Crippen LogP contribution in [0.3, 0.4) is 0 Å². The lowest BCUT2D eigenvalue weighted by Crippen LogP contribution is -2.27. The van der Waals surface area contributed by atoms with Crippen molar-refractivity contribution in [3.05, 3.63) is 29.0 Å². The van der Waals surface area contributed by atoms with Crippen LogP contribution in [0.25, 0.3) is 22.7 Å². The van der Waals surface area contributed by atoms with Gasteiger partial charge in [0.15, 0.2) is 12.1 Å². The molecule has 0 aliphatic rings. The van der Waals surface area contributed by atoms with E-state index in [9.17, 15) is 13.2 Å². The number of carbonyl (C=O) groups is 1. The molecule has 3 rings (SSSR count). The first-order valence-electron chi connectivity index (χ1n) is 11.0. The van der Waals surface area contributed by atoms with Crippen molar-refractivity contribution in [2.24, 2.45) is 5.92 Å². The molecule has 0 amide bonds. The van der Waals surface area contributed by atoms with Gasteiger partial charge in [-0.15, -0.1) is 0 Å². The summed E-state index contributed by atoms with van der Waals surface area (Å²) >= 11 is 0. The molecule has 0 saturated carbocycles. The summed E-state index contributed by atoms with van der Waals surface area (Å²) in [6.45, 7) is 12.9. The molecule has 10 heteroatoms. The van der Waals surface area contributed by atoms with E-state index < -0.39 is 21.4 Å². The zero-order chi connectivity index (χ0) is 25.4. The maximum Gasteiger partial charge on any atom is 0.344 e. The number of fused-ring (bicyclic) bond motifs is 1. The first-order valence-corrected chi connectivity index (χ1v) is 12.9. The zero-order valence-electron chi connectivity index (χ0n) is 20.8. The van der Waals surface area contributed by atoms with Gasteiger partial charge < -0.3 is 13.9 Å². The largest absolute Gasteiger partial charge is 0.481 e. The Morgan fingerprint density at radius 3 is 2.24 bits per heavy atom. The van der Waals surface area contributed by atoms with E-state index in [1.165, 1.54) is 0 Å². The SMILES string of the molecule is Cc1cc(-c2nc3c(CC(C)C)nc(S(C)(=O)=O)nc3o2)cc(C)c1OCC(=O)OC(C)(C)C. The van der Waals surface area contributed by atoms with Crippen LogP contribution in [-0.4, -0.2) is 47.8 Å². The minimum absolute atomic E-state index is 0.127. The Morgan fingerprint density at radius 2 is 1.71 bits per heavy atom. The predicted molar refractivity (Wildman–Crippen MR) is 128 cm³/mol. The van der Waals surface area contributed by atoms with Crippen LogP contribution in [0, 0.1) is 19.8 Å². The van der Waals surface area contributed by atoms with Gasteiger partial charge >= 0.3 is 5.97 Å². The van der Waals surface area contributed by atoms with E-state index in [0.29, 0.717) is 34.8 Å². The summed E-state index contributed by atoms with van der Waals surface area (Å²) in [5.41, 5.74) is 2.75.